The van der Waals surface area contributed by atoms with Crippen molar-refractivity contribution in [2.45, 2.75) is 18.6 Å². The highest BCUT2D eigenvalue weighted by Crippen LogP contribution is 1.97. The second-order valence-electron chi connectivity index (χ2n) is 4.76. The van der Waals surface area contributed by atoms with Crippen LogP contribution in [0.3, 0.4) is 0 Å². The Morgan fingerprint density at radius 3 is 2.22 bits per heavy atom. The van der Waals surface area contributed by atoms with Gasteiger partial charge in [-0.05, 0) is 6.42 Å². The fourth-order valence-corrected chi connectivity index (χ4v) is 0.958. The van der Waals surface area contributed by atoms with Crippen molar-refractivity contribution >= 4 is 8.69 Å². The number of aliphatic hydroxyl groups excluding tert-OH is 3. The van der Waals surface area contributed by atoms with Gasteiger partial charge in [-0.1, -0.05) is 6.08 Å². The summed E-state index contributed by atoms with van der Waals surface area (Å²) in [6.07, 6.45) is -0.124. The van der Waals surface area contributed by atoms with Crippen molar-refractivity contribution < 1.29 is 28.9 Å². The molecular formula is C11H25NO5P+. The van der Waals surface area contributed by atoms with E-state index in [9.17, 15) is 4.57 Å². The molecule has 0 aliphatic carbocycles. The van der Waals surface area contributed by atoms with Crippen LogP contribution < -0.4 is 0 Å². The Morgan fingerprint density at radius 1 is 1.33 bits per heavy atom. The van der Waals surface area contributed by atoms with Crippen LogP contribution in [-0.2, 0) is 9.09 Å². The molecule has 0 heterocycles. The van der Waals surface area contributed by atoms with Crippen LogP contribution in [-0.4, -0.2) is 72.9 Å². The molecule has 0 aromatic heterocycles. The first-order valence-corrected chi connectivity index (χ1v) is 6.34. The largest absolute Gasteiger partial charge is 0.394 e. The van der Waals surface area contributed by atoms with E-state index in [1.165, 1.54) is 6.08 Å². The van der Waals surface area contributed by atoms with Crippen molar-refractivity contribution in [1.82, 2.24) is 0 Å². The Balaban J connectivity index is 0. The number of nitrogens with zero attached hydrogens (tertiary/aromatic N) is 1. The molecule has 0 aliphatic rings. The first-order valence-electron chi connectivity index (χ1n) is 5.61. The highest BCUT2D eigenvalue weighted by atomic mass is 31.1. The van der Waals surface area contributed by atoms with Crippen molar-refractivity contribution in [1.29, 1.82) is 0 Å². The third-order valence-corrected chi connectivity index (χ3v) is 2.23. The number of quaternary nitrogens is 1. The maximum absolute atomic E-state index is 9.76. The standard InChI is InChI=1S/C6H12O3.C5H13NO2P/c1-2-3-5(8)6(9)4-7;1-6(2,3)4-5-8-9-7/h2,5-9H,1,3-4H2;4-5H2,1-3H3/q;+1. The van der Waals surface area contributed by atoms with Gasteiger partial charge in [0.15, 0.2) is 0 Å². The Labute approximate surface area is 110 Å². The van der Waals surface area contributed by atoms with E-state index in [2.05, 4.69) is 32.2 Å². The van der Waals surface area contributed by atoms with Gasteiger partial charge in [0, 0.05) is 0 Å². The lowest BCUT2D eigenvalue weighted by Gasteiger charge is -2.22. The summed E-state index contributed by atoms with van der Waals surface area (Å²) in [4.78, 5) is 0. The summed E-state index contributed by atoms with van der Waals surface area (Å²) in [5, 5.41) is 25.8. The van der Waals surface area contributed by atoms with E-state index in [1.807, 2.05) is 0 Å². The summed E-state index contributed by atoms with van der Waals surface area (Å²) in [5.41, 5.74) is 0. The third kappa shape index (κ3) is 15.6. The number of hydrogen-bond donors (Lipinski definition) is 3. The zero-order valence-electron chi connectivity index (χ0n) is 11.3. The van der Waals surface area contributed by atoms with Crippen LogP contribution in [0.15, 0.2) is 12.7 Å². The zero-order chi connectivity index (χ0) is 14.6. The Bertz CT molecular complexity index is 220. The number of hydrogen-bond acceptors (Lipinski definition) is 5. The minimum atomic E-state index is -1.04. The zero-order valence-corrected chi connectivity index (χ0v) is 12.2. The fourth-order valence-electron chi connectivity index (χ4n) is 0.801. The summed E-state index contributed by atoms with van der Waals surface area (Å²) >= 11 is 0. The van der Waals surface area contributed by atoms with E-state index in [-0.39, 0.29) is 8.69 Å². The summed E-state index contributed by atoms with van der Waals surface area (Å²) in [7, 11) is 5.96. The molecule has 18 heavy (non-hydrogen) atoms. The normalized spacial score (nSPS) is 14.6. The van der Waals surface area contributed by atoms with Crippen molar-refractivity contribution in [2.24, 2.45) is 0 Å². The molecule has 0 radical (unpaired) electrons. The highest BCUT2D eigenvalue weighted by molar-refractivity contribution is 7.17. The van der Waals surface area contributed by atoms with Crippen molar-refractivity contribution in [3.63, 3.8) is 0 Å². The van der Waals surface area contributed by atoms with Crippen molar-refractivity contribution in [3.8, 4) is 0 Å². The van der Waals surface area contributed by atoms with E-state index in [0.717, 1.165) is 11.0 Å². The third-order valence-electron chi connectivity index (χ3n) is 1.95. The molecule has 2 unspecified atom stereocenters. The number of aliphatic hydroxyl groups is 3. The molecule has 0 fully saturated rings. The van der Waals surface area contributed by atoms with Crippen LogP contribution in [0, 0.1) is 0 Å². The molecule has 6 nitrogen and oxygen atoms in total. The topological polar surface area (TPSA) is 87.0 Å². The van der Waals surface area contributed by atoms with Gasteiger partial charge in [-0.3, -0.25) is 4.52 Å². The molecule has 0 spiro atoms. The number of rotatable bonds is 8. The maximum Gasteiger partial charge on any atom is 0.327 e. The molecule has 0 bridgehead atoms. The van der Waals surface area contributed by atoms with Crippen molar-refractivity contribution in [2.75, 3.05) is 40.9 Å². The van der Waals surface area contributed by atoms with Gasteiger partial charge in [-0.25, -0.2) is 4.57 Å². The Hall–Kier alpha value is -0.360. The van der Waals surface area contributed by atoms with Gasteiger partial charge in [0.2, 0.25) is 0 Å². The van der Waals surface area contributed by atoms with Crippen LogP contribution in [0.1, 0.15) is 6.42 Å². The van der Waals surface area contributed by atoms with Gasteiger partial charge in [-0.2, -0.15) is 0 Å². The van der Waals surface area contributed by atoms with Crippen LogP contribution in [0.2, 0.25) is 0 Å². The summed E-state index contributed by atoms with van der Waals surface area (Å²) in [5.74, 6) is 0. The number of likely N-dealkylation sites (N-methyl/N-ethyl adjacent to an activating group) is 1. The van der Waals surface area contributed by atoms with Gasteiger partial charge in [0.05, 0.1) is 33.9 Å². The molecule has 2 atom stereocenters. The van der Waals surface area contributed by atoms with Crippen LogP contribution >= 0.6 is 8.69 Å². The van der Waals surface area contributed by atoms with Gasteiger partial charge < -0.3 is 19.8 Å². The molecule has 0 aromatic carbocycles. The Morgan fingerprint density at radius 2 is 1.89 bits per heavy atom. The second-order valence-corrected chi connectivity index (χ2v) is 5.17. The molecule has 0 aliphatic heterocycles. The molecule has 3 N–H and O–H groups in total. The van der Waals surface area contributed by atoms with Crippen LogP contribution in [0.25, 0.3) is 0 Å². The lowest BCUT2D eigenvalue weighted by Crippen LogP contribution is -2.37. The molecule has 0 rings (SSSR count). The lowest BCUT2D eigenvalue weighted by atomic mass is 10.1. The molecule has 0 saturated heterocycles. The molecule has 0 saturated carbocycles. The lowest BCUT2D eigenvalue weighted by molar-refractivity contribution is -0.870. The van der Waals surface area contributed by atoms with E-state index < -0.39 is 18.8 Å². The van der Waals surface area contributed by atoms with Gasteiger partial charge in [-0.15, -0.1) is 6.58 Å². The van der Waals surface area contributed by atoms with E-state index in [1.54, 1.807) is 0 Å². The van der Waals surface area contributed by atoms with Gasteiger partial charge in [0.25, 0.3) is 0 Å². The molecule has 0 aromatic rings. The molecule has 0 amide bonds. The predicted octanol–water partition coefficient (Wildman–Crippen LogP) is 0.192. The highest BCUT2D eigenvalue weighted by Gasteiger charge is 2.11. The minimum Gasteiger partial charge on any atom is -0.394 e. The SMILES string of the molecule is C=CCC(O)C(O)CO.C[N+](C)(C)CCOP=O. The first-order chi connectivity index (χ1) is 8.28. The Kier molecular flexibility index (Phi) is 13.0. The van der Waals surface area contributed by atoms with Gasteiger partial charge in [0.1, 0.15) is 19.3 Å². The molecule has 7 heteroatoms. The summed E-state index contributed by atoms with van der Waals surface area (Å²) in [6, 6.07) is 0. The van der Waals surface area contributed by atoms with Gasteiger partial charge >= 0.3 is 8.69 Å². The summed E-state index contributed by atoms with van der Waals surface area (Å²) in [6.45, 7) is 4.39. The van der Waals surface area contributed by atoms with Crippen LogP contribution in [0.5, 0.6) is 0 Å². The molecular weight excluding hydrogens is 257 g/mol. The van der Waals surface area contributed by atoms with Crippen molar-refractivity contribution in [3.05, 3.63) is 12.7 Å². The second kappa shape index (κ2) is 11.7. The molecule has 108 valence electrons. The average molecular weight is 282 g/mol. The minimum absolute atomic E-state index is 0.217. The first kappa shape index (κ1) is 20.0. The van der Waals surface area contributed by atoms with E-state index >= 15 is 0 Å². The summed E-state index contributed by atoms with van der Waals surface area (Å²) < 4.78 is 15.2. The smallest absolute Gasteiger partial charge is 0.327 e. The van der Waals surface area contributed by atoms with Crippen LogP contribution in [0.4, 0.5) is 0 Å². The fraction of sp³-hybridized carbons (Fsp3) is 0.818. The van der Waals surface area contributed by atoms with E-state index in [0.29, 0.717) is 13.0 Å². The average Bonchev–Trinajstić information content (AvgIpc) is 2.28. The monoisotopic (exact) mass is 282 g/mol. The maximum atomic E-state index is 9.76. The predicted molar refractivity (Wildman–Crippen MR) is 70.4 cm³/mol. The quantitative estimate of drug-likeness (QED) is 0.256. The van der Waals surface area contributed by atoms with E-state index in [4.69, 9.17) is 15.3 Å².